The van der Waals surface area contributed by atoms with Crippen LogP contribution in [0, 0.1) is 0 Å². The van der Waals surface area contributed by atoms with Crippen molar-refractivity contribution in [2.75, 3.05) is 13.1 Å². The highest BCUT2D eigenvalue weighted by molar-refractivity contribution is 5.86. The summed E-state index contributed by atoms with van der Waals surface area (Å²) in [6, 6.07) is -0.254. The van der Waals surface area contributed by atoms with Crippen molar-refractivity contribution in [1.82, 2.24) is 10.2 Å². The summed E-state index contributed by atoms with van der Waals surface area (Å²) < 4.78 is 0. The van der Waals surface area contributed by atoms with E-state index in [1.165, 1.54) is 4.90 Å². The molecule has 1 aliphatic heterocycles. The zero-order chi connectivity index (χ0) is 12.2. The SMILES string of the molecule is CCCCNC(=O)N1CCCC1(C)C(=O)O. The Morgan fingerprint density at radius 1 is 1.50 bits per heavy atom. The summed E-state index contributed by atoms with van der Waals surface area (Å²) in [5.41, 5.74) is -1.03. The van der Waals surface area contributed by atoms with Crippen LogP contribution in [-0.2, 0) is 4.79 Å². The molecule has 5 nitrogen and oxygen atoms in total. The molecule has 92 valence electrons. The van der Waals surface area contributed by atoms with E-state index in [2.05, 4.69) is 5.32 Å². The van der Waals surface area contributed by atoms with Gasteiger partial charge < -0.3 is 15.3 Å². The van der Waals surface area contributed by atoms with Gasteiger partial charge in [-0.05, 0) is 26.2 Å². The number of carbonyl (C=O) groups is 2. The zero-order valence-electron chi connectivity index (χ0n) is 9.95. The Morgan fingerprint density at radius 3 is 2.75 bits per heavy atom. The van der Waals surface area contributed by atoms with E-state index in [0.717, 1.165) is 19.3 Å². The number of rotatable bonds is 4. The van der Waals surface area contributed by atoms with Crippen LogP contribution in [0.1, 0.15) is 39.5 Å². The number of hydrogen-bond acceptors (Lipinski definition) is 2. The van der Waals surface area contributed by atoms with Gasteiger partial charge in [-0.25, -0.2) is 9.59 Å². The number of amides is 2. The van der Waals surface area contributed by atoms with E-state index >= 15 is 0 Å². The van der Waals surface area contributed by atoms with Gasteiger partial charge in [-0.1, -0.05) is 13.3 Å². The van der Waals surface area contributed by atoms with Gasteiger partial charge in [0.2, 0.25) is 0 Å². The maximum absolute atomic E-state index is 11.8. The fraction of sp³-hybridized carbons (Fsp3) is 0.818. The Hall–Kier alpha value is -1.26. The van der Waals surface area contributed by atoms with Gasteiger partial charge in [0.1, 0.15) is 5.54 Å². The minimum atomic E-state index is -1.03. The Bertz CT molecular complexity index is 280. The smallest absolute Gasteiger partial charge is 0.329 e. The number of likely N-dealkylation sites (tertiary alicyclic amines) is 1. The molecule has 1 atom stereocenters. The van der Waals surface area contributed by atoms with Crippen LogP contribution in [-0.4, -0.2) is 40.6 Å². The standard InChI is InChI=1S/C11H20N2O3/c1-3-4-7-12-10(16)13-8-5-6-11(13,2)9(14)15/h3-8H2,1-2H3,(H,12,16)(H,14,15). The van der Waals surface area contributed by atoms with Crippen molar-refractivity contribution in [3.05, 3.63) is 0 Å². The first-order valence-corrected chi connectivity index (χ1v) is 5.81. The zero-order valence-corrected chi connectivity index (χ0v) is 9.95. The molecule has 1 unspecified atom stereocenters. The lowest BCUT2D eigenvalue weighted by Crippen LogP contribution is -2.54. The van der Waals surface area contributed by atoms with Crippen LogP contribution in [0.15, 0.2) is 0 Å². The van der Waals surface area contributed by atoms with Crippen molar-refractivity contribution in [1.29, 1.82) is 0 Å². The van der Waals surface area contributed by atoms with Crippen molar-refractivity contribution in [3.63, 3.8) is 0 Å². The molecule has 5 heteroatoms. The number of urea groups is 1. The van der Waals surface area contributed by atoms with E-state index in [-0.39, 0.29) is 6.03 Å². The van der Waals surface area contributed by atoms with Crippen LogP contribution in [0.5, 0.6) is 0 Å². The van der Waals surface area contributed by atoms with Gasteiger partial charge >= 0.3 is 12.0 Å². The van der Waals surface area contributed by atoms with E-state index in [1.54, 1.807) is 6.92 Å². The third kappa shape index (κ3) is 2.46. The van der Waals surface area contributed by atoms with Gasteiger partial charge in [0.05, 0.1) is 0 Å². The van der Waals surface area contributed by atoms with Crippen LogP contribution in [0.3, 0.4) is 0 Å². The second kappa shape index (κ2) is 5.18. The molecule has 1 rings (SSSR count). The van der Waals surface area contributed by atoms with Gasteiger partial charge in [-0.15, -0.1) is 0 Å². The lowest BCUT2D eigenvalue weighted by Gasteiger charge is -2.31. The molecular weight excluding hydrogens is 208 g/mol. The first-order valence-electron chi connectivity index (χ1n) is 5.81. The van der Waals surface area contributed by atoms with E-state index < -0.39 is 11.5 Å². The minimum Gasteiger partial charge on any atom is -0.480 e. The quantitative estimate of drug-likeness (QED) is 0.715. The molecule has 2 N–H and O–H groups in total. The largest absolute Gasteiger partial charge is 0.480 e. The van der Waals surface area contributed by atoms with Gasteiger partial charge in [0.25, 0.3) is 0 Å². The summed E-state index contributed by atoms with van der Waals surface area (Å²) in [4.78, 5) is 24.4. The molecule has 1 fully saturated rings. The number of aliphatic carboxylic acids is 1. The molecule has 0 spiro atoms. The average Bonchev–Trinajstić information content (AvgIpc) is 2.62. The number of hydrogen-bond donors (Lipinski definition) is 2. The molecule has 0 aromatic carbocycles. The minimum absolute atomic E-state index is 0.254. The number of unbranched alkanes of at least 4 members (excludes halogenated alkanes) is 1. The number of nitrogens with zero attached hydrogens (tertiary/aromatic N) is 1. The van der Waals surface area contributed by atoms with Gasteiger partial charge in [-0.3, -0.25) is 0 Å². The summed E-state index contributed by atoms with van der Waals surface area (Å²) in [6.07, 6.45) is 3.22. The monoisotopic (exact) mass is 228 g/mol. The lowest BCUT2D eigenvalue weighted by molar-refractivity contribution is -0.147. The molecule has 16 heavy (non-hydrogen) atoms. The van der Waals surface area contributed by atoms with Crippen LogP contribution < -0.4 is 5.32 Å². The Kier molecular flexibility index (Phi) is 4.15. The third-order valence-electron chi connectivity index (χ3n) is 3.15. The van der Waals surface area contributed by atoms with Crippen LogP contribution >= 0.6 is 0 Å². The van der Waals surface area contributed by atoms with Crippen LogP contribution in [0.25, 0.3) is 0 Å². The maximum atomic E-state index is 11.8. The van der Waals surface area contributed by atoms with E-state index in [4.69, 9.17) is 5.11 Å². The molecule has 2 amide bonds. The van der Waals surface area contributed by atoms with Gasteiger partial charge in [-0.2, -0.15) is 0 Å². The highest BCUT2D eigenvalue weighted by Crippen LogP contribution is 2.29. The summed E-state index contributed by atoms with van der Waals surface area (Å²) in [6.45, 7) is 4.80. The number of nitrogens with one attached hydrogen (secondary N) is 1. The molecule has 1 aliphatic rings. The number of carbonyl (C=O) groups excluding carboxylic acids is 1. The van der Waals surface area contributed by atoms with Crippen molar-refractivity contribution in [2.45, 2.75) is 45.1 Å². The Labute approximate surface area is 95.8 Å². The van der Waals surface area contributed by atoms with Gasteiger partial charge in [0, 0.05) is 13.1 Å². The Morgan fingerprint density at radius 2 is 2.19 bits per heavy atom. The molecule has 0 aliphatic carbocycles. The molecule has 0 aromatic heterocycles. The first kappa shape index (κ1) is 12.8. The molecule has 1 heterocycles. The summed E-state index contributed by atoms with van der Waals surface area (Å²) in [5.74, 6) is -0.921. The normalized spacial score (nSPS) is 24.5. The topological polar surface area (TPSA) is 69.6 Å². The maximum Gasteiger partial charge on any atom is 0.329 e. The van der Waals surface area contributed by atoms with Crippen molar-refractivity contribution >= 4 is 12.0 Å². The predicted molar refractivity (Wildman–Crippen MR) is 60.3 cm³/mol. The third-order valence-corrected chi connectivity index (χ3v) is 3.15. The summed E-state index contributed by atoms with van der Waals surface area (Å²) in [5, 5.41) is 11.9. The van der Waals surface area contributed by atoms with Crippen molar-refractivity contribution in [2.24, 2.45) is 0 Å². The van der Waals surface area contributed by atoms with Crippen molar-refractivity contribution < 1.29 is 14.7 Å². The van der Waals surface area contributed by atoms with Crippen molar-refractivity contribution in [3.8, 4) is 0 Å². The highest BCUT2D eigenvalue weighted by atomic mass is 16.4. The summed E-state index contributed by atoms with van der Waals surface area (Å²) >= 11 is 0. The second-order valence-corrected chi connectivity index (χ2v) is 4.42. The number of carboxylic acids is 1. The molecule has 0 radical (unpaired) electrons. The van der Waals surface area contributed by atoms with Crippen LogP contribution in [0.4, 0.5) is 4.79 Å². The Balaban J connectivity index is 2.58. The molecular formula is C11H20N2O3. The molecule has 1 saturated heterocycles. The fourth-order valence-corrected chi connectivity index (χ4v) is 1.98. The summed E-state index contributed by atoms with van der Waals surface area (Å²) in [7, 11) is 0. The first-order chi connectivity index (χ1) is 7.52. The van der Waals surface area contributed by atoms with E-state index in [9.17, 15) is 9.59 Å². The van der Waals surface area contributed by atoms with E-state index in [0.29, 0.717) is 19.5 Å². The molecule has 0 saturated carbocycles. The second-order valence-electron chi connectivity index (χ2n) is 4.42. The molecule has 0 aromatic rings. The van der Waals surface area contributed by atoms with Crippen LogP contribution in [0.2, 0.25) is 0 Å². The van der Waals surface area contributed by atoms with E-state index in [1.807, 2.05) is 6.92 Å². The molecule has 0 bridgehead atoms. The average molecular weight is 228 g/mol. The predicted octanol–water partition coefficient (Wildman–Crippen LogP) is 1.44. The highest BCUT2D eigenvalue weighted by Gasteiger charge is 2.45. The van der Waals surface area contributed by atoms with Gasteiger partial charge in [0.15, 0.2) is 0 Å². The number of carboxylic acid groups (broad SMARTS) is 1. The fourth-order valence-electron chi connectivity index (χ4n) is 1.98. The lowest BCUT2D eigenvalue weighted by atomic mass is 10.00.